The van der Waals surface area contributed by atoms with Crippen LogP contribution in [0.1, 0.15) is 36.2 Å². The van der Waals surface area contributed by atoms with Gasteiger partial charge in [0.2, 0.25) is 10.0 Å². The highest BCUT2D eigenvalue weighted by molar-refractivity contribution is 8.01. The fourth-order valence-corrected chi connectivity index (χ4v) is 5.49. The zero-order chi connectivity index (χ0) is 19.6. The predicted molar refractivity (Wildman–Crippen MR) is 108 cm³/mol. The van der Waals surface area contributed by atoms with Gasteiger partial charge in [-0.2, -0.15) is 0 Å². The summed E-state index contributed by atoms with van der Waals surface area (Å²) in [4.78, 5) is 12.5. The lowest BCUT2D eigenvalue weighted by Gasteiger charge is -2.29. The molecule has 0 aliphatic carbocycles. The summed E-state index contributed by atoms with van der Waals surface area (Å²) < 4.78 is 31.4. The van der Waals surface area contributed by atoms with Crippen LogP contribution in [0.4, 0.5) is 5.69 Å². The van der Waals surface area contributed by atoms with E-state index in [0.29, 0.717) is 27.3 Å². The van der Waals surface area contributed by atoms with E-state index in [2.05, 4.69) is 10.2 Å². The van der Waals surface area contributed by atoms with E-state index in [4.69, 9.17) is 4.74 Å². The van der Waals surface area contributed by atoms with Gasteiger partial charge in [0.25, 0.3) is 5.19 Å². The summed E-state index contributed by atoms with van der Waals surface area (Å²) in [5.74, 6) is 0.214. The number of anilines is 1. The van der Waals surface area contributed by atoms with Crippen molar-refractivity contribution >= 4 is 44.6 Å². The maximum absolute atomic E-state index is 12.5. The van der Waals surface area contributed by atoms with Crippen molar-refractivity contribution < 1.29 is 17.9 Å². The number of carbonyl (C=O) groups is 1. The molecule has 0 amide bonds. The topological polar surface area (TPSA) is 89.5 Å². The number of benzene rings is 1. The summed E-state index contributed by atoms with van der Waals surface area (Å²) in [5, 5.41) is 8.47. The van der Waals surface area contributed by atoms with Crippen molar-refractivity contribution in [1.82, 2.24) is 10.2 Å². The van der Waals surface area contributed by atoms with Crippen molar-refractivity contribution in [1.29, 1.82) is 0 Å². The summed E-state index contributed by atoms with van der Waals surface area (Å²) >= 11 is 2.64. The van der Waals surface area contributed by atoms with Gasteiger partial charge in [-0.3, -0.25) is 9.10 Å². The van der Waals surface area contributed by atoms with Crippen LogP contribution in [0.5, 0.6) is 5.19 Å². The van der Waals surface area contributed by atoms with Crippen molar-refractivity contribution in [3.05, 3.63) is 29.3 Å². The Hall–Kier alpha value is -1.65. The third-order valence-corrected chi connectivity index (χ3v) is 7.06. The van der Waals surface area contributed by atoms with E-state index < -0.39 is 10.0 Å². The first-order chi connectivity index (χ1) is 12.7. The average Bonchev–Trinajstić information content (AvgIpc) is 3.04. The molecule has 2 aromatic rings. The van der Waals surface area contributed by atoms with Crippen molar-refractivity contribution in [2.24, 2.45) is 0 Å². The molecular formula is C17H21N3O4S3. The fourth-order valence-electron chi connectivity index (χ4n) is 2.80. The highest BCUT2D eigenvalue weighted by atomic mass is 32.2. The Bertz CT molecular complexity index is 941. The lowest BCUT2D eigenvalue weighted by Crippen LogP contribution is -2.34. The molecule has 3 rings (SSSR count). The number of sulfonamides is 1. The van der Waals surface area contributed by atoms with Crippen LogP contribution in [0, 0.1) is 0 Å². The molecule has 1 aromatic carbocycles. The molecule has 146 valence electrons. The second-order valence-corrected chi connectivity index (χ2v) is 10.6. The smallest absolute Gasteiger partial charge is 0.295 e. The number of hydrogen-bond acceptors (Lipinski definition) is 8. The second kappa shape index (κ2) is 8.15. The van der Waals surface area contributed by atoms with Crippen LogP contribution in [0.25, 0.3) is 0 Å². The molecule has 0 unspecified atom stereocenters. The largest absolute Gasteiger partial charge is 0.466 e. The number of ether oxygens (including phenoxy) is 1. The number of carbonyl (C=O) groups excluding carboxylic acids is 1. The zero-order valence-corrected chi connectivity index (χ0v) is 17.8. The molecule has 1 aliphatic heterocycles. The molecule has 10 heteroatoms. The van der Waals surface area contributed by atoms with Gasteiger partial charge in [0.1, 0.15) is 0 Å². The number of thioether (sulfide) groups is 1. The lowest BCUT2D eigenvalue weighted by molar-refractivity contribution is 0.102. The highest BCUT2D eigenvalue weighted by Gasteiger charge is 2.24. The first-order valence-electron chi connectivity index (χ1n) is 8.51. The van der Waals surface area contributed by atoms with Crippen molar-refractivity contribution in [2.45, 2.75) is 37.1 Å². The number of fused-ring (bicyclic) bond motifs is 1. The quantitative estimate of drug-likeness (QED) is 0.496. The Labute approximate surface area is 167 Å². The molecule has 1 aromatic heterocycles. The highest BCUT2D eigenvalue weighted by Crippen LogP contribution is 2.31. The molecule has 0 N–H and O–H groups in total. The number of hydrogen-bond donors (Lipinski definition) is 0. The minimum absolute atomic E-state index is 0.0270. The maximum Gasteiger partial charge on any atom is 0.295 e. The summed E-state index contributed by atoms with van der Waals surface area (Å²) in [6, 6.07) is 5.23. The predicted octanol–water partition coefficient (Wildman–Crippen LogP) is 3.01. The number of aromatic nitrogens is 2. The van der Waals surface area contributed by atoms with Gasteiger partial charge in [0.15, 0.2) is 10.1 Å². The second-order valence-electron chi connectivity index (χ2n) is 6.49. The molecule has 0 bridgehead atoms. The normalized spacial score (nSPS) is 14.3. The Morgan fingerprint density at radius 2 is 2.15 bits per heavy atom. The van der Waals surface area contributed by atoms with Crippen LogP contribution in [0.15, 0.2) is 22.5 Å². The summed E-state index contributed by atoms with van der Waals surface area (Å²) in [5.41, 5.74) is 2.15. The van der Waals surface area contributed by atoms with Gasteiger partial charge in [0.05, 0.1) is 23.8 Å². The van der Waals surface area contributed by atoms with Gasteiger partial charge < -0.3 is 4.74 Å². The van der Waals surface area contributed by atoms with Gasteiger partial charge in [-0.25, -0.2) is 8.42 Å². The molecule has 0 saturated carbocycles. The van der Waals surface area contributed by atoms with Gasteiger partial charge in [-0.05, 0) is 61.8 Å². The molecule has 1 aliphatic rings. The molecule has 2 heterocycles. The van der Waals surface area contributed by atoms with E-state index in [9.17, 15) is 13.2 Å². The van der Waals surface area contributed by atoms with Gasteiger partial charge in [0, 0.05) is 12.1 Å². The number of Topliss-reactive ketones (excluding diaryl/α,β-unsaturated/α-hetero) is 1. The van der Waals surface area contributed by atoms with Crippen LogP contribution in [-0.4, -0.2) is 49.1 Å². The Kier molecular flexibility index (Phi) is 6.07. The van der Waals surface area contributed by atoms with Crippen LogP contribution in [-0.2, 0) is 16.4 Å². The Balaban J connectivity index is 1.68. The first kappa shape index (κ1) is 20.1. The third kappa shape index (κ3) is 4.99. The molecular weight excluding hydrogens is 406 g/mol. The molecule has 0 radical (unpaired) electrons. The Morgan fingerprint density at radius 3 is 2.85 bits per heavy atom. The van der Waals surface area contributed by atoms with E-state index >= 15 is 0 Å². The minimum atomic E-state index is -3.31. The summed E-state index contributed by atoms with van der Waals surface area (Å²) in [6.45, 7) is 4.31. The molecule has 7 nitrogen and oxygen atoms in total. The number of aryl methyl sites for hydroxylation is 1. The molecule has 0 saturated heterocycles. The maximum atomic E-state index is 12.5. The van der Waals surface area contributed by atoms with Crippen molar-refractivity contribution in [3.63, 3.8) is 0 Å². The van der Waals surface area contributed by atoms with Crippen LogP contribution in [0.2, 0.25) is 0 Å². The molecule has 0 spiro atoms. The van der Waals surface area contributed by atoms with E-state index in [1.807, 2.05) is 19.9 Å². The lowest BCUT2D eigenvalue weighted by atomic mass is 9.99. The van der Waals surface area contributed by atoms with Crippen LogP contribution < -0.4 is 9.04 Å². The number of nitrogens with zero attached hydrogens (tertiary/aromatic N) is 3. The van der Waals surface area contributed by atoms with Crippen molar-refractivity contribution in [2.75, 3.05) is 22.9 Å². The molecule has 27 heavy (non-hydrogen) atoms. The summed E-state index contributed by atoms with van der Waals surface area (Å²) in [7, 11) is -3.31. The summed E-state index contributed by atoms with van der Waals surface area (Å²) in [6.07, 6.45) is 2.74. The third-order valence-electron chi connectivity index (χ3n) is 3.93. The van der Waals surface area contributed by atoms with Crippen LogP contribution in [0.3, 0.4) is 0 Å². The number of rotatable bonds is 7. The van der Waals surface area contributed by atoms with E-state index in [1.54, 1.807) is 12.1 Å². The monoisotopic (exact) mass is 427 g/mol. The fraction of sp³-hybridized carbons (Fsp3) is 0.471. The van der Waals surface area contributed by atoms with E-state index in [0.717, 1.165) is 18.4 Å². The van der Waals surface area contributed by atoms with Gasteiger partial charge >= 0.3 is 0 Å². The van der Waals surface area contributed by atoms with E-state index in [-0.39, 0.29) is 17.6 Å². The average molecular weight is 428 g/mol. The van der Waals surface area contributed by atoms with Gasteiger partial charge in [-0.15, -0.1) is 5.10 Å². The van der Waals surface area contributed by atoms with Gasteiger partial charge in [-0.1, -0.05) is 16.9 Å². The SMILES string of the molecule is CC(C)Oc1nnc(SCC(=O)c2ccc3c(c2)CCCN3S(C)(=O)=O)s1. The molecule has 0 fully saturated rings. The zero-order valence-electron chi connectivity index (χ0n) is 15.3. The first-order valence-corrected chi connectivity index (χ1v) is 12.2. The number of ketones is 1. The van der Waals surface area contributed by atoms with E-state index in [1.165, 1.54) is 33.7 Å². The molecule has 0 atom stereocenters. The van der Waals surface area contributed by atoms with Crippen LogP contribution >= 0.6 is 23.1 Å². The van der Waals surface area contributed by atoms with Crippen molar-refractivity contribution in [3.8, 4) is 5.19 Å². The Morgan fingerprint density at radius 1 is 1.37 bits per heavy atom. The standard InChI is InChI=1S/C17H21N3O4S3/c1-11(2)24-16-18-19-17(26-16)25-10-15(21)13-6-7-14-12(9-13)5-4-8-20(14)27(3,22)23/h6-7,9,11H,4-5,8,10H2,1-3H3. The minimum Gasteiger partial charge on any atom is -0.466 e.